The van der Waals surface area contributed by atoms with Crippen LogP contribution in [-0.4, -0.2) is 23.5 Å². The summed E-state index contributed by atoms with van der Waals surface area (Å²) in [5.74, 6) is -1.21. The van der Waals surface area contributed by atoms with Crippen molar-refractivity contribution in [1.82, 2.24) is 4.90 Å². The molecule has 19 heavy (non-hydrogen) atoms. The minimum atomic E-state index is -0.766. The fraction of sp³-hybridized carbons (Fsp3) is 0.600. The third-order valence-electron chi connectivity index (χ3n) is 3.98. The molecule has 2 atom stereocenters. The van der Waals surface area contributed by atoms with Crippen molar-refractivity contribution in [3.05, 3.63) is 29.3 Å². The first-order valence-electron chi connectivity index (χ1n) is 6.79. The van der Waals surface area contributed by atoms with Crippen molar-refractivity contribution in [2.24, 2.45) is 0 Å². The molecule has 0 N–H and O–H groups in total. The molecule has 0 amide bonds. The Morgan fingerprint density at radius 2 is 1.95 bits per heavy atom. The first-order chi connectivity index (χ1) is 8.80. The van der Waals surface area contributed by atoms with Gasteiger partial charge in [-0.3, -0.25) is 4.90 Å². The smallest absolute Gasteiger partial charge is 0.166 e. The van der Waals surface area contributed by atoms with Crippen LogP contribution in [0, 0.1) is 11.6 Å². The number of benzene rings is 1. The number of halogens is 2. The van der Waals surface area contributed by atoms with E-state index in [1.165, 1.54) is 6.07 Å². The summed E-state index contributed by atoms with van der Waals surface area (Å²) in [5, 5.41) is 0.390. The maximum Gasteiger partial charge on any atom is 0.166 e. The molecule has 2 rings (SSSR count). The lowest BCUT2D eigenvalue weighted by Gasteiger charge is -2.42. The lowest BCUT2D eigenvalue weighted by molar-refractivity contribution is 0.0988. The van der Waals surface area contributed by atoms with Crippen LogP contribution in [0.3, 0.4) is 0 Å². The van der Waals surface area contributed by atoms with Gasteiger partial charge in [0.2, 0.25) is 0 Å². The van der Waals surface area contributed by atoms with E-state index in [1.807, 2.05) is 0 Å². The van der Waals surface area contributed by atoms with Crippen LogP contribution in [-0.2, 0) is 0 Å². The van der Waals surface area contributed by atoms with Crippen LogP contribution in [0.5, 0.6) is 0 Å². The largest absolute Gasteiger partial charge is 0.298 e. The molecule has 0 bridgehead atoms. The number of likely N-dealkylation sites (tertiary alicyclic amines) is 1. The second-order valence-corrected chi connectivity index (χ2v) is 6.90. The lowest BCUT2D eigenvalue weighted by atomic mass is 9.88. The van der Waals surface area contributed by atoms with Crippen molar-refractivity contribution in [3.8, 4) is 0 Å². The van der Waals surface area contributed by atoms with E-state index in [4.69, 9.17) is 0 Å². The van der Waals surface area contributed by atoms with Crippen LogP contribution in [0.4, 0.5) is 8.78 Å². The molecule has 0 aromatic heterocycles. The molecule has 4 heteroatoms. The molecular formula is C15H22F2NP. The maximum atomic E-state index is 13.7. The van der Waals surface area contributed by atoms with Crippen molar-refractivity contribution in [1.29, 1.82) is 0 Å². The highest BCUT2D eigenvalue weighted by atomic mass is 31.0. The first kappa shape index (κ1) is 14.9. The second-order valence-electron chi connectivity index (χ2n) is 6.32. The Morgan fingerprint density at radius 1 is 1.26 bits per heavy atom. The molecule has 1 saturated heterocycles. The lowest BCUT2D eigenvalue weighted by Crippen LogP contribution is -2.47. The van der Waals surface area contributed by atoms with Gasteiger partial charge < -0.3 is 0 Å². The fourth-order valence-corrected chi connectivity index (χ4v) is 3.25. The van der Waals surface area contributed by atoms with E-state index in [9.17, 15) is 8.78 Å². The Kier molecular flexibility index (Phi) is 4.27. The SMILES string of the molecule is CC(C)(C)N1CCCC(c2ccc(F)c(F)c2P)C1. The van der Waals surface area contributed by atoms with Crippen molar-refractivity contribution in [2.75, 3.05) is 13.1 Å². The summed E-state index contributed by atoms with van der Waals surface area (Å²) in [6, 6.07) is 2.98. The minimum Gasteiger partial charge on any atom is -0.298 e. The predicted octanol–water partition coefficient (Wildman–Crippen LogP) is 3.44. The molecule has 1 aromatic rings. The van der Waals surface area contributed by atoms with E-state index in [0.717, 1.165) is 31.5 Å². The number of nitrogens with zero attached hydrogens (tertiary/aromatic N) is 1. The van der Waals surface area contributed by atoms with Crippen LogP contribution in [0.15, 0.2) is 12.1 Å². The van der Waals surface area contributed by atoms with Gasteiger partial charge in [-0.1, -0.05) is 6.07 Å². The Hall–Kier alpha value is -0.530. The Labute approximate surface area is 116 Å². The van der Waals surface area contributed by atoms with Crippen LogP contribution in [0.2, 0.25) is 0 Å². The molecule has 0 saturated carbocycles. The van der Waals surface area contributed by atoms with E-state index in [0.29, 0.717) is 5.30 Å². The summed E-state index contributed by atoms with van der Waals surface area (Å²) in [4.78, 5) is 2.42. The first-order valence-corrected chi connectivity index (χ1v) is 7.37. The van der Waals surface area contributed by atoms with Gasteiger partial charge in [-0.05, 0) is 57.7 Å². The van der Waals surface area contributed by atoms with E-state index in [2.05, 4.69) is 34.9 Å². The predicted molar refractivity (Wildman–Crippen MR) is 79.0 cm³/mol. The molecular weight excluding hydrogens is 263 g/mol. The molecule has 1 nitrogen and oxygen atoms in total. The summed E-state index contributed by atoms with van der Waals surface area (Å²) in [7, 11) is 2.36. The summed E-state index contributed by atoms with van der Waals surface area (Å²) in [6.07, 6.45) is 2.14. The molecule has 1 heterocycles. The average molecular weight is 285 g/mol. The van der Waals surface area contributed by atoms with E-state index >= 15 is 0 Å². The van der Waals surface area contributed by atoms with Gasteiger partial charge in [0, 0.05) is 17.4 Å². The zero-order chi connectivity index (χ0) is 14.2. The standard InChI is InChI=1S/C15H22F2NP/c1-15(2,3)18-8-4-5-10(9-18)11-6-7-12(16)13(17)14(11)19/h6-7,10H,4-5,8-9,19H2,1-3H3. The van der Waals surface area contributed by atoms with Crippen LogP contribution in [0.1, 0.15) is 45.1 Å². The summed E-state index contributed by atoms with van der Waals surface area (Å²) < 4.78 is 26.9. The average Bonchev–Trinajstić information content (AvgIpc) is 2.35. The van der Waals surface area contributed by atoms with Gasteiger partial charge in [-0.25, -0.2) is 8.78 Å². The molecule has 0 spiro atoms. The van der Waals surface area contributed by atoms with Gasteiger partial charge in [0.15, 0.2) is 11.6 Å². The number of rotatable bonds is 1. The molecule has 1 aliphatic rings. The fourth-order valence-electron chi connectivity index (χ4n) is 2.78. The topological polar surface area (TPSA) is 3.24 Å². The van der Waals surface area contributed by atoms with Gasteiger partial charge in [-0.2, -0.15) is 0 Å². The Bertz CT molecular complexity index is 468. The van der Waals surface area contributed by atoms with Gasteiger partial charge >= 0.3 is 0 Å². The Morgan fingerprint density at radius 3 is 2.58 bits per heavy atom. The van der Waals surface area contributed by atoms with Crippen molar-refractivity contribution in [3.63, 3.8) is 0 Å². The van der Waals surface area contributed by atoms with E-state index in [-0.39, 0.29) is 11.5 Å². The maximum absolute atomic E-state index is 13.7. The van der Waals surface area contributed by atoms with Crippen molar-refractivity contribution < 1.29 is 8.78 Å². The molecule has 0 aliphatic carbocycles. The summed E-state index contributed by atoms with van der Waals surface area (Å²) >= 11 is 0. The van der Waals surface area contributed by atoms with Crippen molar-refractivity contribution >= 4 is 14.5 Å². The van der Waals surface area contributed by atoms with Crippen LogP contribution < -0.4 is 5.30 Å². The number of hydrogen-bond donors (Lipinski definition) is 0. The van der Waals surface area contributed by atoms with Gasteiger partial charge in [0.05, 0.1) is 0 Å². The number of hydrogen-bond acceptors (Lipinski definition) is 1. The molecule has 106 valence electrons. The van der Waals surface area contributed by atoms with Gasteiger partial charge in [-0.15, -0.1) is 9.24 Å². The number of piperidine rings is 1. The summed E-state index contributed by atoms with van der Waals surface area (Å²) in [6.45, 7) is 8.58. The second kappa shape index (κ2) is 5.46. The van der Waals surface area contributed by atoms with E-state index in [1.54, 1.807) is 6.07 Å². The van der Waals surface area contributed by atoms with Crippen LogP contribution >= 0.6 is 9.24 Å². The minimum absolute atomic E-state index is 0.123. The Balaban J connectivity index is 2.25. The third-order valence-corrected chi connectivity index (χ3v) is 4.56. The third kappa shape index (κ3) is 3.14. The van der Waals surface area contributed by atoms with Crippen molar-refractivity contribution in [2.45, 2.75) is 45.1 Å². The van der Waals surface area contributed by atoms with Crippen LogP contribution in [0.25, 0.3) is 0 Å². The quantitative estimate of drug-likeness (QED) is 0.714. The zero-order valence-corrected chi connectivity index (χ0v) is 13.0. The highest BCUT2D eigenvalue weighted by Crippen LogP contribution is 2.31. The highest BCUT2D eigenvalue weighted by molar-refractivity contribution is 7.27. The molecule has 0 radical (unpaired) electrons. The van der Waals surface area contributed by atoms with Gasteiger partial charge in [0.1, 0.15) is 0 Å². The monoisotopic (exact) mass is 285 g/mol. The molecule has 1 fully saturated rings. The highest BCUT2D eigenvalue weighted by Gasteiger charge is 2.29. The molecule has 1 aromatic carbocycles. The normalized spacial score (nSPS) is 21.7. The molecule has 1 aliphatic heterocycles. The van der Waals surface area contributed by atoms with Gasteiger partial charge in [0.25, 0.3) is 0 Å². The summed E-state index contributed by atoms with van der Waals surface area (Å²) in [5.41, 5.74) is 1.05. The zero-order valence-electron chi connectivity index (χ0n) is 11.8. The molecule has 2 unspecified atom stereocenters. The van der Waals surface area contributed by atoms with E-state index < -0.39 is 11.6 Å².